The summed E-state index contributed by atoms with van der Waals surface area (Å²) in [5.41, 5.74) is 7.69. The van der Waals surface area contributed by atoms with Crippen molar-refractivity contribution >= 4 is 0 Å². The van der Waals surface area contributed by atoms with Gasteiger partial charge in [0.15, 0.2) is 0 Å². The molecule has 0 spiro atoms. The lowest BCUT2D eigenvalue weighted by Gasteiger charge is -2.61. The SMILES string of the molecule is CC(C)CCC[C@@H](C)[C@H]1C(CN)C[C@H]2[C@@H]3CCC4CCCC[C@]4(C)[C@H]3CC[C@]12C. The minimum absolute atomic E-state index is 0.570. The van der Waals surface area contributed by atoms with Crippen LogP contribution in [0.25, 0.3) is 0 Å². The second-order valence-corrected chi connectivity index (χ2v) is 13.0. The third-order valence-corrected chi connectivity index (χ3v) is 11.2. The fraction of sp³-hybridized carbons (Fsp3) is 1.00. The number of fused-ring (bicyclic) bond motifs is 5. The lowest BCUT2D eigenvalue weighted by atomic mass is 9.44. The minimum atomic E-state index is 0.570. The lowest BCUT2D eigenvalue weighted by Crippen LogP contribution is -2.53. The van der Waals surface area contributed by atoms with Crippen molar-refractivity contribution in [1.82, 2.24) is 0 Å². The highest BCUT2D eigenvalue weighted by atomic mass is 14.7. The van der Waals surface area contributed by atoms with Gasteiger partial charge in [-0.25, -0.2) is 0 Å². The van der Waals surface area contributed by atoms with Gasteiger partial charge >= 0.3 is 0 Å². The van der Waals surface area contributed by atoms with E-state index in [1.54, 1.807) is 0 Å². The fourth-order valence-electron chi connectivity index (χ4n) is 9.90. The molecule has 168 valence electrons. The molecule has 2 unspecified atom stereocenters. The predicted molar refractivity (Wildman–Crippen MR) is 126 cm³/mol. The van der Waals surface area contributed by atoms with Gasteiger partial charge in [-0.1, -0.05) is 66.7 Å². The molecule has 1 heteroatoms. The summed E-state index contributed by atoms with van der Waals surface area (Å²) in [5.74, 6) is 7.41. The van der Waals surface area contributed by atoms with Gasteiger partial charge < -0.3 is 5.73 Å². The minimum Gasteiger partial charge on any atom is -0.330 e. The maximum absolute atomic E-state index is 6.45. The average Bonchev–Trinajstić information content (AvgIpc) is 2.99. The van der Waals surface area contributed by atoms with Gasteiger partial charge in [0, 0.05) is 0 Å². The first-order valence-corrected chi connectivity index (χ1v) is 13.5. The highest BCUT2D eigenvalue weighted by Gasteiger charge is 2.62. The van der Waals surface area contributed by atoms with Gasteiger partial charge in [-0.15, -0.1) is 0 Å². The van der Waals surface area contributed by atoms with Crippen molar-refractivity contribution in [2.75, 3.05) is 6.54 Å². The Bertz CT molecular complexity index is 555. The largest absolute Gasteiger partial charge is 0.330 e. The monoisotopic (exact) mass is 401 g/mol. The first kappa shape index (κ1) is 22.2. The summed E-state index contributed by atoms with van der Waals surface area (Å²) in [6, 6.07) is 0. The third kappa shape index (κ3) is 3.74. The number of hydrogen-bond acceptors (Lipinski definition) is 1. The van der Waals surface area contributed by atoms with Crippen molar-refractivity contribution in [3.63, 3.8) is 0 Å². The molecule has 4 aliphatic rings. The standard InChI is InChI=1S/C28H51N/c1-19(2)9-8-10-20(3)26-21(18-29)17-25-23-13-12-22-11-6-7-15-27(22,4)24(23)14-16-28(25,26)5/h19-26H,6-18,29H2,1-5H3/t20-,21?,22?,23-,24+,25+,26+,27+,28+/m1/s1. The van der Waals surface area contributed by atoms with Crippen LogP contribution in [0.15, 0.2) is 0 Å². The second kappa shape index (κ2) is 8.48. The smallest absolute Gasteiger partial charge is 0.00458 e. The zero-order valence-electron chi connectivity index (χ0n) is 20.4. The van der Waals surface area contributed by atoms with Crippen LogP contribution in [0.3, 0.4) is 0 Å². The Labute approximate surface area is 182 Å². The predicted octanol–water partition coefficient (Wildman–Crippen LogP) is 7.68. The van der Waals surface area contributed by atoms with E-state index in [9.17, 15) is 0 Å². The lowest BCUT2D eigenvalue weighted by molar-refractivity contribution is -0.114. The molecule has 4 rings (SSSR count). The highest BCUT2D eigenvalue weighted by Crippen LogP contribution is 2.69. The van der Waals surface area contributed by atoms with Crippen LogP contribution in [0.1, 0.15) is 112 Å². The van der Waals surface area contributed by atoms with Crippen LogP contribution in [-0.4, -0.2) is 6.54 Å². The van der Waals surface area contributed by atoms with Crippen molar-refractivity contribution < 1.29 is 0 Å². The molecule has 0 aliphatic heterocycles. The van der Waals surface area contributed by atoms with Gasteiger partial charge in [0.05, 0.1) is 0 Å². The molecule has 29 heavy (non-hydrogen) atoms. The Morgan fingerprint density at radius 1 is 0.862 bits per heavy atom. The molecule has 9 atom stereocenters. The second-order valence-electron chi connectivity index (χ2n) is 13.0. The number of rotatable bonds is 6. The van der Waals surface area contributed by atoms with E-state index in [1.807, 2.05) is 0 Å². The van der Waals surface area contributed by atoms with Crippen LogP contribution in [0, 0.1) is 58.2 Å². The molecule has 0 radical (unpaired) electrons. The van der Waals surface area contributed by atoms with Crippen molar-refractivity contribution in [3.8, 4) is 0 Å². The van der Waals surface area contributed by atoms with E-state index in [0.29, 0.717) is 10.8 Å². The maximum Gasteiger partial charge on any atom is -0.00458 e. The van der Waals surface area contributed by atoms with Crippen LogP contribution in [0.5, 0.6) is 0 Å². The zero-order valence-corrected chi connectivity index (χ0v) is 20.4. The topological polar surface area (TPSA) is 26.0 Å². The van der Waals surface area contributed by atoms with Gasteiger partial charge in [0.25, 0.3) is 0 Å². The molecule has 0 aromatic heterocycles. The van der Waals surface area contributed by atoms with E-state index in [2.05, 4.69) is 34.6 Å². The molecule has 0 aromatic carbocycles. The quantitative estimate of drug-likeness (QED) is 0.485. The first-order valence-electron chi connectivity index (χ1n) is 13.5. The van der Waals surface area contributed by atoms with Crippen LogP contribution in [0.4, 0.5) is 0 Å². The van der Waals surface area contributed by atoms with E-state index < -0.39 is 0 Å². The van der Waals surface area contributed by atoms with Crippen molar-refractivity contribution in [3.05, 3.63) is 0 Å². The van der Waals surface area contributed by atoms with Crippen LogP contribution < -0.4 is 5.73 Å². The molecule has 0 amide bonds. The molecule has 1 nitrogen and oxygen atoms in total. The summed E-state index contributed by atoms with van der Waals surface area (Å²) in [7, 11) is 0. The summed E-state index contributed by atoms with van der Waals surface area (Å²) >= 11 is 0. The molecule has 0 heterocycles. The van der Waals surface area contributed by atoms with Gasteiger partial charge in [-0.2, -0.15) is 0 Å². The molecular weight excluding hydrogens is 350 g/mol. The summed E-state index contributed by atoms with van der Waals surface area (Å²) in [6.07, 6.45) is 17.8. The Morgan fingerprint density at radius 3 is 2.38 bits per heavy atom. The summed E-state index contributed by atoms with van der Waals surface area (Å²) in [5, 5.41) is 0. The van der Waals surface area contributed by atoms with Gasteiger partial charge in [-0.3, -0.25) is 0 Å². The van der Waals surface area contributed by atoms with E-state index >= 15 is 0 Å². The molecule has 0 bridgehead atoms. The molecular formula is C28H51N. The molecule has 4 fully saturated rings. The third-order valence-electron chi connectivity index (χ3n) is 11.2. The maximum atomic E-state index is 6.45. The van der Waals surface area contributed by atoms with Crippen molar-refractivity contribution in [2.24, 2.45) is 63.9 Å². The van der Waals surface area contributed by atoms with Crippen LogP contribution in [0.2, 0.25) is 0 Å². The summed E-state index contributed by atoms with van der Waals surface area (Å²) < 4.78 is 0. The molecule has 0 aromatic rings. The van der Waals surface area contributed by atoms with Crippen molar-refractivity contribution in [1.29, 1.82) is 0 Å². The van der Waals surface area contributed by atoms with Gasteiger partial charge in [0.2, 0.25) is 0 Å². The van der Waals surface area contributed by atoms with E-state index in [-0.39, 0.29) is 0 Å². The first-order chi connectivity index (χ1) is 13.8. The zero-order chi connectivity index (χ0) is 20.8. The molecule has 4 aliphatic carbocycles. The van der Waals surface area contributed by atoms with Gasteiger partial charge in [-0.05, 0) is 110 Å². The van der Waals surface area contributed by atoms with E-state index in [0.717, 1.165) is 53.9 Å². The highest BCUT2D eigenvalue weighted by molar-refractivity contribution is 5.11. The molecule has 4 saturated carbocycles. The number of hydrogen-bond donors (Lipinski definition) is 1. The Morgan fingerprint density at radius 2 is 1.66 bits per heavy atom. The van der Waals surface area contributed by atoms with E-state index in [4.69, 9.17) is 5.73 Å². The van der Waals surface area contributed by atoms with Crippen LogP contribution in [-0.2, 0) is 0 Å². The Hall–Kier alpha value is -0.0400. The van der Waals surface area contributed by atoms with Crippen LogP contribution >= 0.6 is 0 Å². The number of nitrogens with two attached hydrogens (primary N) is 1. The van der Waals surface area contributed by atoms with Gasteiger partial charge in [0.1, 0.15) is 0 Å². The molecule has 0 saturated heterocycles. The van der Waals surface area contributed by atoms with Crippen molar-refractivity contribution in [2.45, 2.75) is 112 Å². The Kier molecular flexibility index (Phi) is 6.48. The van der Waals surface area contributed by atoms with E-state index in [1.165, 1.54) is 77.0 Å². The Balaban J connectivity index is 1.53. The summed E-state index contributed by atoms with van der Waals surface area (Å²) in [6.45, 7) is 13.7. The fourth-order valence-corrected chi connectivity index (χ4v) is 9.90. The average molecular weight is 402 g/mol. The molecule has 2 N–H and O–H groups in total. The summed E-state index contributed by atoms with van der Waals surface area (Å²) in [4.78, 5) is 0. The normalized spacial score (nSPS) is 48.1.